The smallest absolute Gasteiger partial charge is 0.268 e. The third-order valence-corrected chi connectivity index (χ3v) is 5.81. The molecule has 2 heterocycles. The number of halogens is 2. The highest BCUT2D eigenvalue weighted by atomic mass is 35.5. The second kappa shape index (κ2) is 7.70. The minimum absolute atomic E-state index is 0.0616. The fourth-order valence-electron chi connectivity index (χ4n) is 3.72. The fraction of sp³-hybridized carbons (Fsp3) is 0.286. The van der Waals surface area contributed by atoms with E-state index < -0.39 is 23.2 Å². The average Bonchev–Trinajstić information content (AvgIpc) is 3.03. The zero-order valence-electron chi connectivity index (χ0n) is 15.9. The van der Waals surface area contributed by atoms with Crippen molar-refractivity contribution in [1.82, 2.24) is 5.32 Å². The molecule has 1 unspecified atom stereocenters. The molecule has 0 bridgehead atoms. The summed E-state index contributed by atoms with van der Waals surface area (Å²) in [5.41, 5.74) is -0.0571. The molecule has 7 nitrogen and oxygen atoms in total. The van der Waals surface area contributed by atoms with Crippen molar-refractivity contribution < 1.29 is 23.9 Å². The monoisotopic (exact) mass is 431 g/mol. The van der Waals surface area contributed by atoms with Crippen LogP contribution in [0.1, 0.15) is 24.0 Å². The third kappa shape index (κ3) is 3.53. The maximum absolute atomic E-state index is 13.9. The van der Waals surface area contributed by atoms with Gasteiger partial charge < -0.3 is 20.6 Å². The Morgan fingerprint density at radius 1 is 1.27 bits per heavy atom. The van der Waals surface area contributed by atoms with E-state index in [0.29, 0.717) is 24.2 Å². The Hall–Kier alpha value is -2.97. The number of amides is 3. The van der Waals surface area contributed by atoms with Crippen molar-refractivity contribution in [3.05, 3.63) is 58.4 Å². The summed E-state index contributed by atoms with van der Waals surface area (Å²) in [6.45, 7) is -0.104. The van der Waals surface area contributed by atoms with Crippen LogP contribution in [-0.4, -0.2) is 35.0 Å². The lowest BCUT2D eigenvalue weighted by Crippen LogP contribution is -2.52. The zero-order valence-corrected chi connectivity index (χ0v) is 16.6. The summed E-state index contributed by atoms with van der Waals surface area (Å²) >= 11 is 5.95. The van der Waals surface area contributed by atoms with E-state index in [9.17, 15) is 23.9 Å². The molecule has 2 aliphatic heterocycles. The lowest BCUT2D eigenvalue weighted by molar-refractivity contribution is -0.149. The summed E-state index contributed by atoms with van der Waals surface area (Å²) in [4.78, 5) is 38.3. The van der Waals surface area contributed by atoms with E-state index in [1.807, 2.05) is 0 Å². The Bertz CT molecular complexity index is 1040. The lowest BCUT2D eigenvalue weighted by Gasteiger charge is -2.24. The van der Waals surface area contributed by atoms with Gasteiger partial charge in [0.05, 0.1) is 0 Å². The van der Waals surface area contributed by atoms with Crippen LogP contribution in [0.2, 0.25) is 5.02 Å². The van der Waals surface area contributed by atoms with Crippen molar-refractivity contribution >= 4 is 40.7 Å². The molecular weight excluding hydrogens is 413 g/mol. The Kier molecular flexibility index (Phi) is 5.21. The van der Waals surface area contributed by atoms with Gasteiger partial charge in [-0.1, -0.05) is 17.7 Å². The van der Waals surface area contributed by atoms with E-state index in [1.165, 1.54) is 23.1 Å². The van der Waals surface area contributed by atoms with E-state index in [0.717, 1.165) is 5.56 Å². The maximum atomic E-state index is 13.9. The zero-order chi connectivity index (χ0) is 21.5. The molecule has 3 amide bonds. The number of fused-ring (bicyclic) bond motifs is 1. The van der Waals surface area contributed by atoms with Crippen molar-refractivity contribution in [3.63, 3.8) is 0 Å². The van der Waals surface area contributed by atoms with Crippen LogP contribution in [0.3, 0.4) is 0 Å². The predicted molar refractivity (Wildman–Crippen MR) is 109 cm³/mol. The number of aryl methyl sites for hydroxylation is 1. The van der Waals surface area contributed by atoms with Crippen LogP contribution >= 0.6 is 11.6 Å². The van der Waals surface area contributed by atoms with Crippen LogP contribution in [0.5, 0.6) is 0 Å². The quantitative estimate of drug-likeness (QED) is 0.646. The number of carbonyl (C=O) groups excluding carboxylic acids is 3. The second-order valence-electron chi connectivity index (χ2n) is 7.34. The number of nitrogens with zero attached hydrogens (tertiary/aromatic N) is 1. The van der Waals surface area contributed by atoms with Gasteiger partial charge in [-0.2, -0.15) is 0 Å². The molecule has 0 spiro atoms. The van der Waals surface area contributed by atoms with Crippen molar-refractivity contribution in [2.24, 2.45) is 0 Å². The maximum Gasteiger partial charge on any atom is 0.268 e. The molecule has 3 N–H and O–H groups in total. The number of anilines is 2. The molecule has 1 saturated heterocycles. The molecule has 156 valence electrons. The molecule has 0 saturated carbocycles. The molecule has 2 aromatic rings. The van der Waals surface area contributed by atoms with Crippen LogP contribution in [0.25, 0.3) is 0 Å². The third-order valence-electron chi connectivity index (χ3n) is 5.46. The topological polar surface area (TPSA) is 98.7 Å². The number of nitrogens with one attached hydrogen (secondary N) is 2. The summed E-state index contributed by atoms with van der Waals surface area (Å²) in [5.74, 6) is -2.30. The Morgan fingerprint density at radius 3 is 2.83 bits per heavy atom. The molecule has 2 aliphatic rings. The normalized spacial score (nSPS) is 20.7. The molecule has 4 rings (SSSR count). The van der Waals surface area contributed by atoms with E-state index in [-0.39, 0.29) is 36.0 Å². The van der Waals surface area contributed by atoms with Gasteiger partial charge in [-0.3, -0.25) is 14.4 Å². The SMILES string of the molecule is O=C1CCc2cc(N3CCC(O)(C(=O)NCc4c(F)cccc4Cl)C3=O)ccc2N1. The van der Waals surface area contributed by atoms with Gasteiger partial charge in [0.1, 0.15) is 5.82 Å². The Morgan fingerprint density at radius 2 is 2.07 bits per heavy atom. The number of carbonyl (C=O) groups is 3. The molecule has 9 heteroatoms. The summed E-state index contributed by atoms with van der Waals surface area (Å²) in [6.07, 6.45) is 0.803. The van der Waals surface area contributed by atoms with Crippen molar-refractivity contribution in [3.8, 4) is 0 Å². The van der Waals surface area contributed by atoms with Gasteiger partial charge in [-0.25, -0.2) is 4.39 Å². The van der Waals surface area contributed by atoms with E-state index in [2.05, 4.69) is 10.6 Å². The second-order valence-corrected chi connectivity index (χ2v) is 7.75. The number of hydrogen-bond donors (Lipinski definition) is 3. The number of benzene rings is 2. The Labute approximate surface area is 176 Å². The average molecular weight is 432 g/mol. The highest BCUT2D eigenvalue weighted by molar-refractivity contribution is 6.31. The largest absolute Gasteiger partial charge is 0.372 e. The molecule has 0 radical (unpaired) electrons. The van der Waals surface area contributed by atoms with Crippen LogP contribution in [0.4, 0.5) is 15.8 Å². The first-order chi connectivity index (χ1) is 14.3. The van der Waals surface area contributed by atoms with Gasteiger partial charge in [0, 0.05) is 47.9 Å². The minimum Gasteiger partial charge on any atom is -0.372 e. The molecule has 1 fully saturated rings. The van der Waals surface area contributed by atoms with Gasteiger partial charge in [0.15, 0.2) is 0 Å². The van der Waals surface area contributed by atoms with Gasteiger partial charge in [0.25, 0.3) is 11.8 Å². The van der Waals surface area contributed by atoms with Crippen molar-refractivity contribution in [1.29, 1.82) is 0 Å². The van der Waals surface area contributed by atoms with Crippen molar-refractivity contribution in [2.75, 3.05) is 16.8 Å². The van der Waals surface area contributed by atoms with Gasteiger partial charge in [-0.05, 0) is 42.3 Å². The van der Waals surface area contributed by atoms with E-state index in [4.69, 9.17) is 11.6 Å². The van der Waals surface area contributed by atoms with Gasteiger partial charge in [0.2, 0.25) is 11.5 Å². The van der Waals surface area contributed by atoms with Crippen LogP contribution in [0.15, 0.2) is 36.4 Å². The summed E-state index contributed by atoms with van der Waals surface area (Å²) in [5, 5.41) is 16.1. The first kappa shape index (κ1) is 20.3. The first-order valence-electron chi connectivity index (χ1n) is 9.48. The molecule has 30 heavy (non-hydrogen) atoms. The fourth-order valence-corrected chi connectivity index (χ4v) is 3.95. The lowest BCUT2D eigenvalue weighted by atomic mass is 10.0. The molecular formula is C21H19ClFN3O4. The summed E-state index contributed by atoms with van der Waals surface area (Å²) in [7, 11) is 0. The van der Waals surface area contributed by atoms with Crippen LogP contribution in [-0.2, 0) is 27.3 Å². The van der Waals surface area contributed by atoms with Crippen LogP contribution < -0.4 is 15.5 Å². The number of hydrogen-bond acceptors (Lipinski definition) is 4. The van der Waals surface area contributed by atoms with E-state index >= 15 is 0 Å². The minimum atomic E-state index is -2.25. The highest BCUT2D eigenvalue weighted by Gasteiger charge is 2.51. The van der Waals surface area contributed by atoms with Crippen LogP contribution in [0, 0.1) is 5.82 Å². The summed E-state index contributed by atoms with van der Waals surface area (Å²) in [6, 6.07) is 9.27. The first-order valence-corrected chi connectivity index (χ1v) is 9.86. The standard InChI is InChI=1S/C21H19ClFN3O4/c22-15-2-1-3-16(23)14(15)11-24-19(28)21(30)8-9-26(20(21)29)13-5-6-17-12(10-13)4-7-18(27)25-17/h1-3,5-6,10,30H,4,7-9,11H2,(H,24,28)(H,25,27). The van der Waals surface area contributed by atoms with Gasteiger partial charge >= 0.3 is 0 Å². The molecule has 1 atom stereocenters. The molecule has 2 aromatic carbocycles. The molecule has 0 aliphatic carbocycles. The van der Waals surface area contributed by atoms with Gasteiger partial charge in [-0.15, -0.1) is 0 Å². The predicted octanol–water partition coefficient (Wildman–Crippen LogP) is 2.15. The number of aliphatic hydroxyl groups is 1. The Balaban J connectivity index is 1.49. The molecule has 0 aromatic heterocycles. The summed E-state index contributed by atoms with van der Waals surface area (Å²) < 4.78 is 13.9. The van der Waals surface area contributed by atoms with E-state index in [1.54, 1.807) is 18.2 Å². The highest BCUT2D eigenvalue weighted by Crippen LogP contribution is 2.33. The number of rotatable bonds is 4. The van der Waals surface area contributed by atoms with Crippen molar-refractivity contribution in [2.45, 2.75) is 31.4 Å².